The van der Waals surface area contributed by atoms with Crippen LogP contribution in [0.15, 0.2) is 42.5 Å². The van der Waals surface area contributed by atoms with E-state index in [1.165, 1.54) is 30.3 Å². The highest BCUT2D eigenvalue weighted by molar-refractivity contribution is 5.70. The van der Waals surface area contributed by atoms with Gasteiger partial charge in [-0.25, -0.2) is 8.78 Å². The van der Waals surface area contributed by atoms with E-state index in [1.54, 1.807) is 12.1 Å². The Balaban J connectivity index is 1.92. The average Bonchev–Trinajstić information content (AvgIpc) is 2.94. The lowest BCUT2D eigenvalue weighted by Crippen LogP contribution is -2.10. The van der Waals surface area contributed by atoms with Gasteiger partial charge in [-0.15, -0.1) is 0 Å². The molecule has 0 atom stereocenters. The number of hydrogen-bond donors (Lipinski definition) is 1. The van der Waals surface area contributed by atoms with E-state index in [1.807, 2.05) is 6.07 Å². The quantitative estimate of drug-likeness (QED) is 0.845. The van der Waals surface area contributed by atoms with Gasteiger partial charge in [0.05, 0.1) is 0 Å². The molecule has 0 bridgehead atoms. The first-order chi connectivity index (χ1) is 9.60. The molecule has 104 valence electrons. The van der Waals surface area contributed by atoms with E-state index in [-0.39, 0.29) is 12.0 Å². The lowest BCUT2D eigenvalue weighted by Gasteiger charge is -2.14. The highest BCUT2D eigenvalue weighted by Gasteiger charge is 2.28. The molecule has 0 radical (unpaired) electrons. The summed E-state index contributed by atoms with van der Waals surface area (Å²) in [4.78, 5) is 0. The summed E-state index contributed by atoms with van der Waals surface area (Å²) >= 11 is 0. The van der Waals surface area contributed by atoms with Crippen LogP contribution in [0, 0.1) is 0 Å². The Labute approximate surface area is 117 Å². The van der Waals surface area contributed by atoms with Crippen LogP contribution >= 0.6 is 0 Å². The molecule has 0 aromatic heterocycles. The van der Waals surface area contributed by atoms with Crippen molar-refractivity contribution in [1.82, 2.24) is 0 Å². The first-order valence-electron chi connectivity index (χ1n) is 6.96. The SMILES string of the molecule is CCC(F)(F)c1ccc(-c2ccc3c(c2)CCN3)cc1. The fourth-order valence-electron chi connectivity index (χ4n) is 2.60. The lowest BCUT2D eigenvalue weighted by atomic mass is 9.98. The minimum absolute atomic E-state index is 0.0894. The van der Waals surface area contributed by atoms with Gasteiger partial charge in [-0.1, -0.05) is 37.3 Å². The van der Waals surface area contributed by atoms with Crippen LogP contribution in [0.2, 0.25) is 0 Å². The highest BCUT2D eigenvalue weighted by atomic mass is 19.3. The first kappa shape index (κ1) is 13.1. The van der Waals surface area contributed by atoms with Gasteiger partial charge in [-0.3, -0.25) is 0 Å². The number of halogens is 2. The summed E-state index contributed by atoms with van der Waals surface area (Å²) in [6.07, 6.45) is 0.853. The zero-order valence-electron chi connectivity index (χ0n) is 11.4. The third-order valence-electron chi connectivity index (χ3n) is 3.90. The maximum Gasteiger partial charge on any atom is 0.273 e. The van der Waals surface area contributed by atoms with E-state index in [2.05, 4.69) is 17.4 Å². The van der Waals surface area contributed by atoms with Crippen molar-refractivity contribution in [3.63, 3.8) is 0 Å². The van der Waals surface area contributed by atoms with Crippen molar-refractivity contribution in [3.05, 3.63) is 53.6 Å². The van der Waals surface area contributed by atoms with E-state index in [0.717, 1.165) is 24.1 Å². The van der Waals surface area contributed by atoms with Crippen LogP contribution in [0.25, 0.3) is 11.1 Å². The summed E-state index contributed by atoms with van der Waals surface area (Å²) in [5.41, 5.74) is 4.63. The molecule has 1 heterocycles. The lowest BCUT2D eigenvalue weighted by molar-refractivity contribution is -0.00826. The number of anilines is 1. The molecule has 0 saturated carbocycles. The van der Waals surface area contributed by atoms with E-state index < -0.39 is 5.92 Å². The second kappa shape index (κ2) is 4.89. The van der Waals surface area contributed by atoms with Crippen LogP contribution in [0.3, 0.4) is 0 Å². The van der Waals surface area contributed by atoms with Gasteiger partial charge >= 0.3 is 0 Å². The number of fused-ring (bicyclic) bond motifs is 1. The maximum atomic E-state index is 13.6. The van der Waals surface area contributed by atoms with Gasteiger partial charge in [-0.2, -0.15) is 0 Å². The Morgan fingerprint density at radius 2 is 1.75 bits per heavy atom. The predicted molar refractivity (Wildman–Crippen MR) is 78.3 cm³/mol. The van der Waals surface area contributed by atoms with E-state index in [4.69, 9.17) is 0 Å². The first-order valence-corrected chi connectivity index (χ1v) is 6.96. The van der Waals surface area contributed by atoms with Crippen LogP contribution in [0.1, 0.15) is 24.5 Å². The van der Waals surface area contributed by atoms with Crippen molar-refractivity contribution in [1.29, 1.82) is 0 Å². The third-order valence-corrected chi connectivity index (χ3v) is 3.90. The molecule has 3 rings (SSSR count). The van der Waals surface area contributed by atoms with Crippen molar-refractivity contribution in [2.75, 3.05) is 11.9 Å². The van der Waals surface area contributed by atoms with Gasteiger partial charge < -0.3 is 5.32 Å². The standard InChI is InChI=1S/C17H17F2N/c1-2-17(18,19)15-6-3-12(4-7-15)13-5-8-16-14(11-13)9-10-20-16/h3-8,11,20H,2,9-10H2,1H3. The zero-order valence-corrected chi connectivity index (χ0v) is 11.4. The number of hydrogen-bond acceptors (Lipinski definition) is 1. The van der Waals surface area contributed by atoms with Crippen LogP contribution in [-0.4, -0.2) is 6.54 Å². The minimum atomic E-state index is -2.74. The van der Waals surface area contributed by atoms with Gasteiger partial charge in [0.25, 0.3) is 5.92 Å². The molecule has 0 amide bonds. The topological polar surface area (TPSA) is 12.0 Å². The van der Waals surface area contributed by atoms with Crippen LogP contribution < -0.4 is 5.32 Å². The van der Waals surface area contributed by atoms with Gasteiger partial charge in [0.2, 0.25) is 0 Å². The molecule has 0 aliphatic carbocycles. The van der Waals surface area contributed by atoms with Crippen LogP contribution in [0.4, 0.5) is 14.5 Å². The summed E-state index contributed by atoms with van der Waals surface area (Å²) < 4.78 is 27.2. The highest BCUT2D eigenvalue weighted by Crippen LogP contribution is 2.33. The molecule has 1 aliphatic heterocycles. The second-order valence-electron chi connectivity index (χ2n) is 5.18. The Morgan fingerprint density at radius 1 is 1.05 bits per heavy atom. The Morgan fingerprint density at radius 3 is 2.45 bits per heavy atom. The number of benzene rings is 2. The molecule has 20 heavy (non-hydrogen) atoms. The third kappa shape index (κ3) is 2.28. The molecule has 2 aromatic carbocycles. The van der Waals surface area contributed by atoms with Gasteiger partial charge in [0.1, 0.15) is 0 Å². The molecular formula is C17H17F2N. The molecule has 2 aromatic rings. The Bertz CT molecular complexity index is 617. The fourth-order valence-corrected chi connectivity index (χ4v) is 2.60. The van der Waals surface area contributed by atoms with Crippen molar-refractivity contribution < 1.29 is 8.78 Å². The molecule has 0 spiro atoms. The molecule has 1 nitrogen and oxygen atoms in total. The molecule has 0 saturated heterocycles. The average molecular weight is 273 g/mol. The normalized spacial score (nSPS) is 13.9. The fraction of sp³-hybridized carbons (Fsp3) is 0.294. The van der Waals surface area contributed by atoms with E-state index in [0.29, 0.717) is 0 Å². The minimum Gasteiger partial charge on any atom is -0.384 e. The Hall–Kier alpha value is -1.90. The molecule has 1 aliphatic rings. The Kier molecular flexibility index (Phi) is 3.20. The summed E-state index contributed by atoms with van der Waals surface area (Å²) in [5, 5.41) is 3.32. The number of rotatable bonds is 3. The predicted octanol–water partition coefficient (Wildman–Crippen LogP) is 4.82. The van der Waals surface area contributed by atoms with Gasteiger partial charge in [0, 0.05) is 24.2 Å². The summed E-state index contributed by atoms with van der Waals surface area (Å²) in [6.45, 7) is 2.47. The smallest absolute Gasteiger partial charge is 0.273 e. The van der Waals surface area contributed by atoms with Crippen molar-refractivity contribution in [2.24, 2.45) is 0 Å². The molecule has 3 heteroatoms. The number of alkyl halides is 2. The zero-order chi connectivity index (χ0) is 14.2. The summed E-state index contributed by atoms with van der Waals surface area (Å²) in [5.74, 6) is -2.74. The second-order valence-corrected chi connectivity index (χ2v) is 5.18. The molecule has 0 unspecified atom stereocenters. The largest absolute Gasteiger partial charge is 0.384 e. The monoisotopic (exact) mass is 273 g/mol. The van der Waals surface area contributed by atoms with E-state index in [9.17, 15) is 8.78 Å². The van der Waals surface area contributed by atoms with Crippen molar-refractivity contribution in [2.45, 2.75) is 25.7 Å². The number of nitrogens with one attached hydrogen (secondary N) is 1. The van der Waals surface area contributed by atoms with E-state index >= 15 is 0 Å². The van der Waals surface area contributed by atoms with Gasteiger partial charge in [0.15, 0.2) is 0 Å². The van der Waals surface area contributed by atoms with Crippen molar-refractivity contribution in [3.8, 4) is 11.1 Å². The van der Waals surface area contributed by atoms with Crippen LogP contribution in [-0.2, 0) is 12.3 Å². The molecular weight excluding hydrogens is 256 g/mol. The summed E-state index contributed by atoms with van der Waals surface area (Å²) in [6, 6.07) is 12.9. The molecule has 0 fully saturated rings. The van der Waals surface area contributed by atoms with Crippen LogP contribution in [0.5, 0.6) is 0 Å². The molecule has 1 N–H and O–H groups in total. The van der Waals surface area contributed by atoms with Crippen molar-refractivity contribution >= 4 is 5.69 Å². The maximum absolute atomic E-state index is 13.6. The summed E-state index contributed by atoms with van der Waals surface area (Å²) in [7, 11) is 0. The van der Waals surface area contributed by atoms with Gasteiger partial charge in [-0.05, 0) is 35.2 Å².